The standard InChI is InChI=1S/C14H18F3NO3/c1-20-9-7-18(8-10-21-2)13(19)11-3-5-12(6-4-11)14(15,16)17/h3-6H,7-10H2,1-2H3. The molecule has 0 aliphatic rings. The van der Waals surface area contributed by atoms with Crippen LogP contribution in [0, 0.1) is 0 Å². The van der Waals surface area contributed by atoms with E-state index in [4.69, 9.17) is 9.47 Å². The van der Waals surface area contributed by atoms with Gasteiger partial charge in [0.15, 0.2) is 0 Å². The summed E-state index contributed by atoms with van der Waals surface area (Å²) in [5.41, 5.74) is -0.574. The van der Waals surface area contributed by atoms with Crippen LogP contribution in [-0.4, -0.2) is 51.3 Å². The van der Waals surface area contributed by atoms with Gasteiger partial charge in [-0.2, -0.15) is 13.2 Å². The summed E-state index contributed by atoms with van der Waals surface area (Å²) in [6.45, 7) is 1.38. The summed E-state index contributed by atoms with van der Waals surface area (Å²) in [5, 5.41) is 0. The number of benzene rings is 1. The molecule has 0 aliphatic carbocycles. The van der Waals surface area contributed by atoms with Gasteiger partial charge in [-0.25, -0.2) is 0 Å². The molecule has 21 heavy (non-hydrogen) atoms. The molecule has 0 atom stereocenters. The van der Waals surface area contributed by atoms with Crippen LogP contribution in [0.25, 0.3) is 0 Å². The number of rotatable bonds is 7. The highest BCUT2D eigenvalue weighted by atomic mass is 19.4. The molecule has 1 amide bonds. The monoisotopic (exact) mass is 305 g/mol. The maximum atomic E-state index is 12.5. The maximum Gasteiger partial charge on any atom is 0.416 e. The quantitative estimate of drug-likeness (QED) is 0.776. The van der Waals surface area contributed by atoms with E-state index in [-0.39, 0.29) is 11.5 Å². The predicted octanol–water partition coefficient (Wildman–Crippen LogP) is 2.44. The first-order valence-corrected chi connectivity index (χ1v) is 6.34. The maximum absolute atomic E-state index is 12.5. The van der Waals surface area contributed by atoms with E-state index in [0.29, 0.717) is 26.3 Å². The fraction of sp³-hybridized carbons (Fsp3) is 0.500. The largest absolute Gasteiger partial charge is 0.416 e. The van der Waals surface area contributed by atoms with Gasteiger partial charge in [-0.3, -0.25) is 4.79 Å². The number of methoxy groups -OCH3 is 2. The Morgan fingerprint density at radius 3 is 1.90 bits per heavy atom. The summed E-state index contributed by atoms with van der Waals surface area (Å²) < 4.78 is 47.3. The Labute approximate surface area is 121 Å². The second kappa shape index (κ2) is 7.99. The van der Waals surface area contributed by atoms with Crippen molar-refractivity contribution in [1.82, 2.24) is 4.90 Å². The number of halogens is 3. The molecule has 4 nitrogen and oxygen atoms in total. The van der Waals surface area contributed by atoms with Gasteiger partial charge in [0, 0.05) is 32.9 Å². The number of alkyl halides is 3. The molecule has 0 aliphatic heterocycles. The number of carbonyl (C=O) groups excluding carboxylic acids is 1. The van der Waals surface area contributed by atoms with Crippen LogP contribution >= 0.6 is 0 Å². The molecule has 0 fully saturated rings. The van der Waals surface area contributed by atoms with E-state index < -0.39 is 11.7 Å². The third-order valence-electron chi connectivity index (χ3n) is 2.88. The van der Waals surface area contributed by atoms with Crippen LogP contribution in [0.1, 0.15) is 15.9 Å². The summed E-state index contributed by atoms with van der Waals surface area (Å²) >= 11 is 0. The van der Waals surface area contributed by atoms with E-state index in [1.54, 1.807) is 0 Å². The Morgan fingerprint density at radius 2 is 1.52 bits per heavy atom. The van der Waals surface area contributed by atoms with E-state index >= 15 is 0 Å². The minimum atomic E-state index is -4.41. The van der Waals surface area contributed by atoms with E-state index in [9.17, 15) is 18.0 Å². The lowest BCUT2D eigenvalue weighted by Gasteiger charge is -2.22. The SMILES string of the molecule is COCCN(CCOC)C(=O)c1ccc(C(F)(F)F)cc1. The fourth-order valence-electron chi connectivity index (χ4n) is 1.70. The van der Waals surface area contributed by atoms with Gasteiger partial charge in [0.25, 0.3) is 5.91 Å². The molecule has 1 aromatic rings. The van der Waals surface area contributed by atoms with Crippen LogP contribution in [0.2, 0.25) is 0 Å². The molecule has 0 spiro atoms. The topological polar surface area (TPSA) is 38.8 Å². The lowest BCUT2D eigenvalue weighted by Crippen LogP contribution is -2.36. The Morgan fingerprint density at radius 1 is 1.05 bits per heavy atom. The molecule has 0 heterocycles. The van der Waals surface area contributed by atoms with E-state index in [2.05, 4.69) is 0 Å². The van der Waals surface area contributed by atoms with Crippen molar-refractivity contribution in [3.05, 3.63) is 35.4 Å². The number of nitrogens with zero attached hydrogens (tertiary/aromatic N) is 1. The van der Waals surface area contributed by atoms with E-state index in [1.165, 1.54) is 31.3 Å². The fourth-order valence-corrected chi connectivity index (χ4v) is 1.70. The van der Waals surface area contributed by atoms with E-state index in [1.807, 2.05) is 0 Å². The van der Waals surface area contributed by atoms with Gasteiger partial charge in [-0.15, -0.1) is 0 Å². The summed E-state index contributed by atoms with van der Waals surface area (Å²) in [6, 6.07) is 4.16. The minimum Gasteiger partial charge on any atom is -0.383 e. The zero-order valence-electron chi connectivity index (χ0n) is 11.9. The molecular weight excluding hydrogens is 287 g/mol. The van der Waals surface area contributed by atoms with Gasteiger partial charge in [0.2, 0.25) is 0 Å². The average Bonchev–Trinajstić information content (AvgIpc) is 2.46. The Bertz CT molecular complexity index is 438. The summed E-state index contributed by atoms with van der Waals surface area (Å²) in [6.07, 6.45) is -4.41. The van der Waals surface area contributed by atoms with Crippen molar-refractivity contribution in [3.63, 3.8) is 0 Å². The van der Waals surface area contributed by atoms with E-state index in [0.717, 1.165) is 12.1 Å². The summed E-state index contributed by atoms with van der Waals surface area (Å²) in [7, 11) is 3.02. The van der Waals surface area contributed by atoms with Crippen molar-refractivity contribution in [2.45, 2.75) is 6.18 Å². The molecule has 0 bridgehead atoms. The predicted molar refractivity (Wildman–Crippen MR) is 71.1 cm³/mol. The number of hydrogen-bond donors (Lipinski definition) is 0. The molecule has 0 aromatic heterocycles. The average molecular weight is 305 g/mol. The van der Waals surface area contributed by atoms with Crippen LogP contribution in [-0.2, 0) is 15.7 Å². The zero-order chi connectivity index (χ0) is 15.9. The van der Waals surface area contributed by atoms with Gasteiger partial charge in [0.1, 0.15) is 0 Å². The van der Waals surface area contributed by atoms with Crippen LogP contribution < -0.4 is 0 Å². The molecular formula is C14H18F3NO3. The molecule has 0 saturated carbocycles. The lowest BCUT2D eigenvalue weighted by molar-refractivity contribution is -0.137. The van der Waals surface area contributed by atoms with Crippen LogP contribution in [0.5, 0.6) is 0 Å². The summed E-state index contributed by atoms with van der Waals surface area (Å²) in [5.74, 6) is -0.349. The number of carbonyl (C=O) groups is 1. The second-order valence-corrected chi connectivity index (χ2v) is 4.35. The third kappa shape index (κ3) is 5.35. The highest BCUT2D eigenvalue weighted by Gasteiger charge is 2.30. The highest BCUT2D eigenvalue weighted by molar-refractivity contribution is 5.94. The van der Waals surface area contributed by atoms with Gasteiger partial charge in [-0.05, 0) is 24.3 Å². The number of hydrogen-bond acceptors (Lipinski definition) is 3. The molecule has 1 rings (SSSR count). The van der Waals surface area contributed by atoms with Crippen molar-refractivity contribution in [3.8, 4) is 0 Å². The van der Waals surface area contributed by atoms with Gasteiger partial charge < -0.3 is 14.4 Å². The number of ether oxygens (including phenoxy) is 2. The molecule has 0 saturated heterocycles. The highest BCUT2D eigenvalue weighted by Crippen LogP contribution is 2.29. The molecule has 0 unspecified atom stereocenters. The van der Waals surface area contributed by atoms with Crippen molar-refractivity contribution in [2.24, 2.45) is 0 Å². The normalized spacial score (nSPS) is 11.5. The van der Waals surface area contributed by atoms with Crippen molar-refractivity contribution in [1.29, 1.82) is 0 Å². The minimum absolute atomic E-state index is 0.204. The first kappa shape index (κ1) is 17.5. The molecule has 0 radical (unpaired) electrons. The van der Waals surface area contributed by atoms with Crippen LogP contribution in [0.4, 0.5) is 13.2 Å². The smallest absolute Gasteiger partial charge is 0.383 e. The van der Waals surface area contributed by atoms with Crippen molar-refractivity contribution in [2.75, 3.05) is 40.5 Å². The van der Waals surface area contributed by atoms with Crippen molar-refractivity contribution < 1.29 is 27.4 Å². The molecule has 0 N–H and O–H groups in total. The Hall–Kier alpha value is -1.60. The Kier molecular flexibility index (Phi) is 6.64. The lowest BCUT2D eigenvalue weighted by atomic mass is 10.1. The van der Waals surface area contributed by atoms with Gasteiger partial charge >= 0.3 is 6.18 Å². The zero-order valence-corrected chi connectivity index (χ0v) is 11.9. The third-order valence-corrected chi connectivity index (χ3v) is 2.88. The van der Waals surface area contributed by atoms with Gasteiger partial charge in [-0.1, -0.05) is 0 Å². The van der Waals surface area contributed by atoms with Crippen molar-refractivity contribution >= 4 is 5.91 Å². The summed E-state index contributed by atoms with van der Waals surface area (Å²) in [4.78, 5) is 13.7. The molecule has 7 heteroatoms. The molecule has 1 aromatic carbocycles. The molecule has 118 valence electrons. The van der Waals surface area contributed by atoms with Crippen LogP contribution in [0.3, 0.4) is 0 Å². The first-order chi connectivity index (χ1) is 9.90. The number of amides is 1. The second-order valence-electron chi connectivity index (χ2n) is 4.35. The van der Waals surface area contributed by atoms with Crippen LogP contribution in [0.15, 0.2) is 24.3 Å². The first-order valence-electron chi connectivity index (χ1n) is 6.34. The van der Waals surface area contributed by atoms with Gasteiger partial charge in [0.05, 0.1) is 18.8 Å². The Balaban J connectivity index is 2.82.